The molecule has 0 atom stereocenters. The Morgan fingerprint density at radius 3 is 2.77 bits per heavy atom. The number of urea groups is 1. The first kappa shape index (κ1) is 14.8. The van der Waals surface area contributed by atoms with Crippen molar-refractivity contribution in [1.29, 1.82) is 0 Å². The summed E-state index contributed by atoms with van der Waals surface area (Å²) in [5, 5.41) is 2.92. The average Bonchev–Trinajstić information content (AvgIpc) is 2.75. The third-order valence-electron chi connectivity index (χ3n) is 4.68. The highest BCUT2D eigenvalue weighted by atomic mass is 16.5. The minimum absolute atomic E-state index is 0.117. The van der Waals surface area contributed by atoms with E-state index in [-0.39, 0.29) is 18.5 Å². The summed E-state index contributed by atoms with van der Waals surface area (Å²) in [7, 11) is 1.54. The molecular weight excluding hydrogens is 282 g/mol. The van der Waals surface area contributed by atoms with E-state index in [1.54, 1.807) is 18.2 Å². The van der Waals surface area contributed by atoms with Crippen LogP contribution < -0.4 is 10.1 Å². The van der Waals surface area contributed by atoms with E-state index in [1.807, 2.05) is 0 Å². The van der Waals surface area contributed by atoms with Crippen LogP contribution in [0.1, 0.15) is 38.3 Å². The molecule has 3 amide bonds. The number of pyridine rings is 1. The number of nitrogens with one attached hydrogen (secondary N) is 1. The van der Waals surface area contributed by atoms with Crippen LogP contribution in [-0.4, -0.2) is 34.5 Å². The number of imide groups is 1. The van der Waals surface area contributed by atoms with Gasteiger partial charge in [0.1, 0.15) is 5.54 Å². The molecule has 2 fully saturated rings. The molecule has 1 saturated heterocycles. The summed E-state index contributed by atoms with van der Waals surface area (Å²) in [5.74, 6) is 0.976. The van der Waals surface area contributed by atoms with Crippen molar-refractivity contribution in [3.8, 4) is 5.88 Å². The van der Waals surface area contributed by atoms with E-state index in [9.17, 15) is 9.59 Å². The van der Waals surface area contributed by atoms with E-state index < -0.39 is 5.54 Å². The van der Waals surface area contributed by atoms with Crippen molar-refractivity contribution in [2.24, 2.45) is 5.92 Å². The Balaban J connectivity index is 1.77. The molecule has 2 aliphatic rings. The highest BCUT2D eigenvalue weighted by Gasteiger charge is 2.51. The monoisotopic (exact) mass is 303 g/mol. The third kappa shape index (κ3) is 2.53. The number of carbonyl (C=O) groups is 2. The van der Waals surface area contributed by atoms with E-state index in [0.717, 1.165) is 25.7 Å². The summed E-state index contributed by atoms with van der Waals surface area (Å²) in [6, 6.07) is 5.01. The number of methoxy groups -OCH3 is 1. The molecule has 1 aliphatic heterocycles. The molecule has 1 spiro atoms. The first-order valence-corrected chi connectivity index (χ1v) is 7.68. The van der Waals surface area contributed by atoms with Crippen LogP contribution >= 0.6 is 0 Å². The van der Waals surface area contributed by atoms with Crippen LogP contribution in [-0.2, 0) is 11.3 Å². The van der Waals surface area contributed by atoms with Gasteiger partial charge in [0.25, 0.3) is 5.91 Å². The minimum Gasteiger partial charge on any atom is -0.481 e. The fourth-order valence-electron chi connectivity index (χ4n) is 3.23. The molecule has 118 valence electrons. The molecule has 1 aromatic rings. The fourth-order valence-corrected chi connectivity index (χ4v) is 3.23. The van der Waals surface area contributed by atoms with Crippen molar-refractivity contribution in [2.75, 3.05) is 7.11 Å². The van der Waals surface area contributed by atoms with Crippen LogP contribution in [0.4, 0.5) is 4.79 Å². The summed E-state index contributed by atoms with van der Waals surface area (Å²) in [4.78, 5) is 30.5. The SMILES string of the molecule is COc1cccc(CN2C(=O)NC3(CCC(C)CC3)C2=O)n1. The van der Waals surface area contributed by atoms with Gasteiger partial charge in [0.2, 0.25) is 5.88 Å². The van der Waals surface area contributed by atoms with Gasteiger partial charge in [0, 0.05) is 6.07 Å². The number of nitrogens with zero attached hydrogens (tertiary/aromatic N) is 2. The topological polar surface area (TPSA) is 71.5 Å². The molecule has 1 aliphatic carbocycles. The lowest BCUT2D eigenvalue weighted by Crippen LogP contribution is -2.49. The molecule has 0 bridgehead atoms. The number of amides is 3. The minimum atomic E-state index is -0.692. The zero-order valence-electron chi connectivity index (χ0n) is 13.0. The van der Waals surface area contributed by atoms with Gasteiger partial charge in [-0.05, 0) is 37.7 Å². The number of hydrogen-bond acceptors (Lipinski definition) is 4. The predicted octanol–water partition coefficient (Wildman–Crippen LogP) is 2.09. The molecular formula is C16H21N3O3. The van der Waals surface area contributed by atoms with E-state index in [2.05, 4.69) is 17.2 Å². The number of carbonyl (C=O) groups excluding carboxylic acids is 2. The predicted molar refractivity (Wildman–Crippen MR) is 80.2 cm³/mol. The maximum absolute atomic E-state index is 12.7. The molecule has 6 nitrogen and oxygen atoms in total. The Hall–Kier alpha value is -2.11. The van der Waals surface area contributed by atoms with E-state index in [4.69, 9.17) is 4.74 Å². The summed E-state index contributed by atoms with van der Waals surface area (Å²) in [6.07, 6.45) is 3.39. The van der Waals surface area contributed by atoms with E-state index >= 15 is 0 Å². The van der Waals surface area contributed by atoms with Crippen LogP contribution in [0.15, 0.2) is 18.2 Å². The van der Waals surface area contributed by atoms with E-state index in [0.29, 0.717) is 17.5 Å². The maximum Gasteiger partial charge on any atom is 0.325 e. The zero-order valence-corrected chi connectivity index (χ0v) is 13.0. The lowest BCUT2D eigenvalue weighted by atomic mass is 9.77. The lowest BCUT2D eigenvalue weighted by Gasteiger charge is -2.33. The molecule has 0 unspecified atom stereocenters. The van der Waals surface area contributed by atoms with Crippen molar-refractivity contribution >= 4 is 11.9 Å². The van der Waals surface area contributed by atoms with Gasteiger partial charge in [-0.1, -0.05) is 13.0 Å². The number of aromatic nitrogens is 1. The largest absolute Gasteiger partial charge is 0.481 e. The Morgan fingerprint density at radius 2 is 2.09 bits per heavy atom. The van der Waals surface area contributed by atoms with Gasteiger partial charge in [-0.25, -0.2) is 9.78 Å². The molecule has 6 heteroatoms. The van der Waals surface area contributed by atoms with Crippen LogP contribution in [0, 0.1) is 5.92 Å². The Kier molecular flexibility index (Phi) is 3.76. The summed E-state index contributed by atoms with van der Waals surface area (Å²) in [6.45, 7) is 2.37. The quantitative estimate of drug-likeness (QED) is 0.868. The number of hydrogen-bond donors (Lipinski definition) is 1. The molecule has 1 saturated carbocycles. The maximum atomic E-state index is 12.7. The van der Waals surface area contributed by atoms with Gasteiger partial charge >= 0.3 is 6.03 Å². The molecule has 2 heterocycles. The van der Waals surface area contributed by atoms with E-state index in [1.165, 1.54) is 12.0 Å². The van der Waals surface area contributed by atoms with Gasteiger partial charge in [0.15, 0.2) is 0 Å². The van der Waals surface area contributed by atoms with Gasteiger partial charge in [-0.2, -0.15) is 0 Å². The molecule has 0 aromatic carbocycles. The van der Waals surface area contributed by atoms with Crippen LogP contribution in [0.5, 0.6) is 5.88 Å². The summed E-state index contributed by atoms with van der Waals surface area (Å²) < 4.78 is 5.08. The summed E-state index contributed by atoms with van der Waals surface area (Å²) >= 11 is 0. The van der Waals surface area contributed by atoms with Gasteiger partial charge in [-0.15, -0.1) is 0 Å². The second kappa shape index (κ2) is 5.59. The number of ether oxygens (including phenoxy) is 1. The standard InChI is InChI=1S/C16H21N3O3/c1-11-6-8-16(9-7-11)14(20)19(15(21)18-16)10-12-4-3-5-13(17-12)22-2/h3-5,11H,6-10H2,1-2H3,(H,18,21). The van der Waals surface area contributed by atoms with Crippen LogP contribution in [0.2, 0.25) is 0 Å². The Labute approximate surface area is 129 Å². The summed E-state index contributed by atoms with van der Waals surface area (Å²) in [5.41, 5.74) is -0.0493. The van der Waals surface area contributed by atoms with Crippen molar-refractivity contribution in [3.63, 3.8) is 0 Å². The van der Waals surface area contributed by atoms with Crippen molar-refractivity contribution in [2.45, 2.75) is 44.7 Å². The average molecular weight is 303 g/mol. The lowest BCUT2D eigenvalue weighted by molar-refractivity contribution is -0.133. The smallest absolute Gasteiger partial charge is 0.325 e. The van der Waals surface area contributed by atoms with Crippen molar-refractivity contribution in [1.82, 2.24) is 15.2 Å². The van der Waals surface area contributed by atoms with Gasteiger partial charge < -0.3 is 10.1 Å². The fraction of sp³-hybridized carbons (Fsp3) is 0.562. The van der Waals surface area contributed by atoms with Gasteiger partial charge in [0.05, 0.1) is 19.3 Å². The van der Waals surface area contributed by atoms with Crippen molar-refractivity contribution in [3.05, 3.63) is 23.9 Å². The Morgan fingerprint density at radius 1 is 1.36 bits per heavy atom. The normalized spacial score (nSPS) is 28.1. The highest BCUT2D eigenvalue weighted by molar-refractivity contribution is 6.07. The third-order valence-corrected chi connectivity index (χ3v) is 4.68. The molecule has 3 rings (SSSR count). The van der Waals surface area contributed by atoms with Crippen LogP contribution in [0.3, 0.4) is 0 Å². The highest BCUT2D eigenvalue weighted by Crippen LogP contribution is 2.36. The molecule has 22 heavy (non-hydrogen) atoms. The van der Waals surface area contributed by atoms with Crippen LogP contribution in [0.25, 0.3) is 0 Å². The first-order chi connectivity index (χ1) is 10.5. The number of rotatable bonds is 3. The second-order valence-electron chi connectivity index (χ2n) is 6.26. The Bertz CT molecular complexity index is 594. The molecule has 1 aromatic heterocycles. The second-order valence-corrected chi connectivity index (χ2v) is 6.26. The van der Waals surface area contributed by atoms with Gasteiger partial charge in [-0.3, -0.25) is 9.69 Å². The molecule has 1 N–H and O–H groups in total. The molecule has 0 radical (unpaired) electrons. The first-order valence-electron chi connectivity index (χ1n) is 7.68. The zero-order chi connectivity index (χ0) is 15.7. The van der Waals surface area contributed by atoms with Crippen molar-refractivity contribution < 1.29 is 14.3 Å².